The van der Waals surface area contributed by atoms with Gasteiger partial charge in [-0.3, -0.25) is 0 Å². The zero-order chi connectivity index (χ0) is 17.8. The van der Waals surface area contributed by atoms with Crippen LogP contribution in [0.4, 0.5) is 10.5 Å². The van der Waals surface area contributed by atoms with Gasteiger partial charge in [-0.05, 0) is 43.0 Å². The number of aromatic nitrogens is 1. The normalized spacial score (nSPS) is 17.1. The van der Waals surface area contributed by atoms with Crippen LogP contribution in [0.25, 0.3) is 0 Å². The lowest BCUT2D eigenvalue weighted by Gasteiger charge is -2.26. The van der Waals surface area contributed by atoms with E-state index in [1.54, 1.807) is 0 Å². The number of amides is 2. The topological polar surface area (TPSA) is 46.5 Å². The number of nitrogens with zero attached hydrogens (tertiary/aromatic N) is 2. The van der Waals surface area contributed by atoms with E-state index in [0.717, 1.165) is 30.8 Å². The summed E-state index contributed by atoms with van der Waals surface area (Å²) in [4.78, 5) is 14.8. The van der Waals surface area contributed by atoms with Crippen LogP contribution in [0, 0.1) is 5.92 Å². The van der Waals surface area contributed by atoms with Crippen LogP contribution in [-0.2, 0) is 7.05 Å². The second-order valence-electron chi connectivity index (χ2n) is 7.03. The van der Waals surface area contributed by atoms with Crippen molar-refractivity contribution in [1.29, 1.82) is 0 Å². The monoisotopic (exact) mass is 341 g/mol. The van der Waals surface area contributed by atoms with Gasteiger partial charge >= 0.3 is 6.03 Å². The lowest BCUT2D eigenvalue weighted by Crippen LogP contribution is -2.35. The molecule has 0 aliphatic carbocycles. The summed E-state index contributed by atoms with van der Waals surface area (Å²) in [6.45, 7) is 5.62. The minimum atomic E-state index is -0.0655. The molecule has 134 valence electrons. The molecule has 25 heavy (non-hydrogen) atoms. The van der Waals surface area contributed by atoms with Gasteiger partial charge in [0.05, 0.1) is 18.3 Å². The molecule has 0 bridgehead atoms. The van der Waals surface area contributed by atoms with Crippen molar-refractivity contribution in [3.8, 4) is 5.75 Å². The van der Waals surface area contributed by atoms with Crippen molar-refractivity contribution in [2.45, 2.75) is 32.7 Å². The van der Waals surface area contributed by atoms with E-state index >= 15 is 0 Å². The van der Waals surface area contributed by atoms with Crippen molar-refractivity contribution < 1.29 is 9.53 Å². The molecule has 3 rings (SSSR count). The van der Waals surface area contributed by atoms with Gasteiger partial charge < -0.3 is 19.5 Å². The van der Waals surface area contributed by atoms with Gasteiger partial charge in [0.25, 0.3) is 0 Å². The average molecular weight is 341 g/mol. The number of nitrogens with one attached hydrogen (secondary N) is 1. The summed E-state index contributed by atoms with van der Waals surface area (Å²) in [6, 6.07) is 11.8. The molecular weight excluding hydrogens is 314 g/mol. The lowest BCUT2D eigenvalue weighted by molar-refractivity contribution is 0.205. The van der Waals surface area contributed by atoms with E-state index in [-0.39, 0.29) is 12.1 Å². The first kappa shape index (κ1) is 17.4. The highest BCUT2D eigenvalue weighted by Crippen LogP contribution is 2.33. The molecule has 1 aromatic carbocycles. The van der Waals surface area contributed by atoms with Crippen LogP contribution in [0.5, 0.6) is 5.75 Å². The number of rotatable bonds is 5. The van der Waals surface area contributed by atoms with Crippen LogP contribution in [0.2, 0.25) is 0 Å². The first-order chi connectivity index (χ1) is 12.1. The highest BCUT2D eigenvalue weighted by molar-refractivity contribution is 5.91. The third-order valence-electron chi connectivity index (χ3n) is 4.54. The minimum Gasteiger partial charge on any atom is -0.491 e. The van der Waals surface area contributed by atoms with Crippen LogP contribution >= 0.6 is 0 Å². The third kappa shape index (κ3) is 3.98. The Morgan fingerprint density at radius 3 is 2.80 bits per heavy atom. The van der Waals surface area contributed by atoms with Gasteiger partial charge in [-0.25, -0.2) is 4.79 Å². The molecule has 1 unspecified atom stereocenters. The Kier molecular flexibility index (Phi) is 5.31. The van der Waals surface area contributed by atoms with Gasteiger partial charge in [0.2, 0.25) is 0 Å². The molecule has 1 aliphatic heterocycles. The molecule has 0 radical (unpaired) electrons. The van der Waals surface area contributed by atoms with E-state index < -0.39 is 0 Å². The predicted molar refractivity (Wildman–Crippen MR) is 99.9 cm³/mol. The first-order valence-electron chi connectivity index (χ1n) is 8.97. The maximum absolute atomic E-state index is 12.9. The summed E-state index contributed by atoms with van der Waals surface area (Å²) in [7, 11) is 2.03. The van der Waals surface area contributed by atoms with Gasteiger partial charge in [-0.15, -0.1) is 0 Å². The Balaban J connectivity index is 1.73. The maximum atomic E-state index is 12.9. The zero-order valence-corrected chi connectivity index (χ0v) is 15.2. The predicted octanol–water partition coefficient (Wildman–Crippen LogP) is 4.43. The number of para-hydroxylation sites is 2. The molecule has 1 atom stereocenters. The van der Waals surface area contributed by atoms with E-state index in [4.69, 9.17) is 4.74 Å². The van der Waals surface area contributed by atoms with E-state index in [2.05, 4.69) is 29.8 Å². The summed E-state index contributed by atoms with van der Waals surface area (Å²) in [5, 5.41) is 3.04. The highest BCUT2D eigenvalue weighted by Gasteiger charge is 2.31. The molecule has 1 aliphatic rings. The number of anilines is 1. The van der Waals surface area contributed by atoms with E-state index in [9.17, 15) is 4.79 Å². The van der Waals surface area contributed by atoms with Crippen LogP contribution in [-0.4, -0.2) is 28.6 Å². The molecule has 2 amide bonds. The smallest absolute Gasteiger partial charge is 0.322 e. The molecule has 2 heterocycles. The van der Waals surface area contributed by atoms with Crippen molar-refractivity contribution in [3.63, 3.8) is 0 Å². The second kappa shape index (κ2) is 7.64. The van der Waals surface area contributed by atoms with E-state index in [1.807, 2.05) is 48.5 Å². The van der Waals surface area contributed by atoms with Gasteiger partial charge in [-0.2, -0.15) is 0 Å². The number of carbonyl (C=O) groups excluding carboxylic acids is 1. The number of hydrogen-bond acceptors (Lipinski definition) is 2. The van der Waals surface area contributed by atoms with Crippen LogP contribution in [0.3, 0.4) is 0 Å². The van der Waals surface area contributed by atoms with Gasteiger partial charge in [0, 0.05) is 25.5 Å². The number of urea groups is 1. The summed E-state index contributed by atoms with van der Waals surface area (Å²) in [5.74, 6) is 1.16. The molecule has 1 aromatic heterocycles. The summed E-state index contributed by atoms with van der Waals surface area (Å²) < 4.78 is 7.94. The van der Waals surface area contributed by atoms with Crippen molar-refractivity contribution in [1.82, 2.24) is 9.47 Å². The number of carbonyl (C=O) groups is 1. The van der Waals surface area contributed by atoms with Crippen molar-refractivity contribution in [2.75, 3.05) is 18.5 Å². The fourth-order valence-corrected chi connectivity index (χ4v) is 3.28. The Labute approximate surface area is 149 Å². The molecule has 1 saturated heterocycles. The van der Waals surface area contributed by atoms with Crippen LogP contribution in [0.15, 0.2) is 42.6 Å². The number of benzene rings is 1. The Morgan fingerprint density at radius 1 is 1.28 bits per heavy atom. The molecule has 5 heteroatoms. The number of hydrogen-bond donors (Lipinski definition) is 1. The van der Waals surface area contributed by atoms with Crippen LogP contribution in [0.1, 0.15) is 38.4 Å². The average Bonchev–Trinajstić information content (AvgIpc) is 3.22. The van der Waals surface area contributed by atoms with E-state index in [0.29, 0.717) is 12.5 Å². The summed E-state index contributed by atoms with van der Waals surface area (Å²) in [5.41, 5.74) is 1.91. The lowest BCUT2D eigenvalue weighted by atomic mass is 10.1. The largest absolute Gasteiger partial charge is 0.491 e. The maximum Gasteiger partial charge on any atom is 0.322 e. The standard InChI is InChI=1S/C20H27N3O2/c1-15(2)14-25-19-11-5-4-8-16(19)21-20(24)23-13-7-10-18(23)17-9-6-12-22(17)3/h4-6,8-9,11-12,15,18H,7,10,13-14H2,1-3H3,(H,21,24). The fourth-order valence-electron chi connectivity index (χ4n) is 3.28. The summed E-state index contributed by atoms with van der Waals surface area (Å²) in [6.07, 6.45) is 4.05. The van der Waals surface area contributed by atoms with Gasteiger partial charge in [-0.1, -0.05) is 26.0 Å². The summed E-state index contributed by atoms with van der Waals surface area (Å²) >= 11 is 0. The van der Waals surface area contributed by atoms with Crippen molar-refractivity contribution in [2.24, 2.45) is 13.0 Å². The molecule has 1 N–H and O–H groups in total. The number of likely N-dealkylation sites (tertiary alicyclic amines) is 1. The molecule has 1 fully saturated rings. The van der Waals surface area contributed by atoms with Gasteiger partial charge in [0.1, 0.15) is 5.75 Å². The fraction of sp³-hybridized carbons (Fsp3) is 0.450. The van der Waals surface area contributed by atoms with Crippen molar-refractivity contribution >= 4 is 11.7 Å². The zero-order valence-electron chi connectivity index (χ0n) is 15.2. The Hall–Kier alpha value is -2.43. The number of ether oxygens (including phenoxy) is 1. The Morgan fingerprint density at radius 2 is 2.08 bits per heavy atom. The first-order valence-corrected chi connectivity index (χ1v) is 8.97. The minimum absolute atomic E-state index is 0.0655. The van der Waals surface area contributed by atoms with Crippen LogP contribution < -0.4 is 10.1 Å². The molecular formula is C20H27N3O2. The van der Waals surface area contributed by atoms with E-state index in [1.165, 1.54) is 5.69 Å². The molecule has 5 nitrogen and oxygen atoms in total. The quantitative estimate of drug-likeness (QED) is 0.874. The molecule has 0 spiro atoms. The highest BCUT2D eigenvalue weighted by atomic mass is 16.5. The van der Waals surface area contributed by atoms with Crippen molar-refractivity contribution in [3.05, 3.63) is 48.3 Å². The molecule has 0 saturated carbocycles. The third-order valence-corrected chi connectivity index (χ3v) is 4.54. The number of aryl methyl sites for hydroxylation is 1. The SMILES string of the molecule is CC(C)COc1ccccc1NC(=O)N1CCCC1c1cccn1C. The molecule has 2 aromatic rings. The van der Waals surface area contributed by atoms with Gasteiger partial charge in [0.15, 0.2) is 0 Å². The Bertz CT molecular complexity index is 723. The second-order valence-corrected chi connectivity index (χ2v) is 7.03.